The van der Waals surface area contributed by atoms with E-state index in [0.29, 0.717) is 6.61 Å². The second-order valence-corrected chi connectivity index (χ2v) is 5.79. The lowest BCUT2D eigenvalue weighted by molar-refractivity contribution is -0.269. The number of allylic oxidation sites excluding steroid dienone is 1. The van der Waals surface area contributed by atoms with Crippen LogP contribution in [0.4, 0.5) is 0 Å². The van der Waals surface area contributed by atoms with Gasteiger partial charge in [0.25, 0.3) is 0 Å². The van der Waals surface area contributed by atoms with Gasteiger partial charge in [-0.3, -0.25) is 0 Å². The van der Waals surface area contributed by atoms with Crippen LogP contribution in [0.2, 0.25) is 0 Å². The van der Waals surface area contributed by atoms with E-state index in [0.717, 1.165) is 24.2 Å². The molecule has 1 aromatic rings. The van der Waals surface area contributed by atoms with E-state index < -0.39 is 0 Å². The molecule has 0 unspecified atom stereocenters. The van der Waals surface area contributed by atoms with Gasteiger partial charge < -0.3 is 18.9 Å². The van der Waals surface area contributed by atoms with Crippen LogP contribution in [0, 0.1) is 0 Å². The number of hydrogen-bond donors (Lipinski definition) is 0. The Kier molecular flexibility index (Phi) is 5.49. The average molecular weight is 316 g/mol. The third-order valence-electron chi connectivity index (χ3n) is 4.17. The standard InChI is InChI=1S/C19H24O4/c1-3-6-16-7-4-5-8-17-18(22-16)13-21-19(23-17)14-9-11-15(20-2)12-10-14/h3-6,9-12,16-19H,7-8,13H2,1-2H3/b5-4-,6-3+/t16-,17-,18+,19+/m0/s1. The highest BCUT2D eigenvalue weighted by atomic mass is 16.7. The van der Waals surface area contributed by atoms with Crippen molar-refractivity contribution in [3.63, 3.8) is 0 Å². The molecule has 23 heavy (non-hydrogen) atoms. The zero-order valence-corrected chi connectivity index (χ0v) is 13.7. The molecule has 1 aromatic carbocycles. The predicted molar refractivity (Wildman–Crippen MR) is 88.4 cm³/mol. The molecule has 2 aliphatic rings. The van der Waals surface area contributed by atoms with E-state index in [4.69, 9.17) is 18.9 Å². The first-order chi connectivity index (χ1) is 11.3. The van der Waals surface area contributed by atoms with Crippen LogP contribution in [-0.4, -0.2) is 32.0 Å². The molecule has 0 spiro atoms. The molecule has 0 saturated carbocycles. The number of benzene rings is 1. The number of methoxy groups -OCH3 is 1. The smallest absolute Gasteiger partial charge is 0.184 e. The highest BCUT2D eigenvalue weighted by Crippen LogP contribution is 2.31. The van der Waals surface area contributed by atoms with Gasteiger partial charge in [0.05, 0.1) is 25.9 Å². The van der Waals surface area contributed by atoms with Crippen LogP contribution in [0.3, 0.4) is 0 Å². The Morgan fingerprint density at radius 2 is 1.83 bits per heavy atom. The van der Waals surface area contributed by atoms with Gasteiger partial charge in [0.15, 0.2) is 6.29 Å². The summed E-state index contributed by atoms with van der Waals surface area (Å²) in [6.45, 7) is 2.56. The molecule has 0 aromatic heterocycles. The number of ether oxygens (including phenoxy) is 4. The van der Waals surface area contributed by atoms with Crippen molar-refractivity contribution in [2.45, 2.75) is 44.4 Å². The number of hydrogen-bond acceptors (Lipinski definition) is 4. The first-order valence-electron chi connectivity index (χ1n) is 8.14. The molecule has 1 fully saturated rings. The Hall–Kier alpha value is -1.62. The summed E-state index contributed by atoms with van der Waals surface area (Å²) in [5.74, 6) is 0.828. The summed E-state index contributed by atoms with van der Waals surface area (Å²) in [5.41, 5.74) is 1.00. The van der Waals surface area contributed by atoms with Crippen LogP contribution in [0.1, 0.15) is 31.6 Å². The Bertz CT molecular complexity index is 549. The maximum absolute atomic E-state index is 6.15. The third-order valence-corrected chi connectivity index (χ3v) is 4.17. The van der Waals surface area contributed by atoms with Gasteiger partial charge >= 0.3 is 0 Å². The van der Waals surface area contributed by atoms with E-state index in [-0.39, 0.29) is 24.6 Å². The van der Waals surface area contributed by atoms with E-state index in [2.05, 4.69) is 18.2 Å². The molecule has 0 amide bonds. The minimum atomic E-state index is -0.348. The molecular weight excluding hydrogens is 292 g/mol. The van der Waals surface area contributed by atoms with Crippen molar-refractivity contribution < 1.29 is 18.9 Å². The molecule has 124 valence electrons. The van der Waals surface area contributed by atoms with Crippen LogP contribution in [-0.2, 0) is 14.2 Å². The minimum absolute atomic E-state index is 0.0140. The molecular formula is C19H24O4. The Morgan fingerprint density at radius 3 is 2.57 bits per heavy atom. The summed E-state index contributed by atoms with van der Waals surface area (Å²) in [6.07, 6.45) is 9.94. The van der Waals surface area contributed by atoms with E-state index in [1.54, 1.807) is 7.11 Å². The molecule has 4 atom stereocenters. The topological polar surface area (TPSA) is 36.9 Å². The Balaban J connectivity index is 1.69. The Morgan fingerprint density at radius 1 is 1.04 bits per heavy atom. The molecule has 4 nitrogen and oxygen atoms in total. The van der Waals surface area contributed by atoms with Crippen molar-refractivity contribution >= 4 is 0 Å². The highest BCUT2D eigenvalue weighted by Gasteiger charge is 2.34. The average Bonchev–Trinajstić information content (AvgIpc) is 2.57. The van der Waals surface area contributed by atoms with Gasteiger partial charge in [-0.05, 0) is 31.9 Å². The molecule has 1 saturated heterocycles. The zero-order chi connectivity index (χ0) is 16.1. The van der Waals surface area contributed by atoms with Gasteiger partial charge in [-0.15, -0.1) is 0 Å². The summed E-state index contributed by atoms with van der Waals surface area (Å²) < 4.78 is 23.4. The summed E-state index contributed by atoms with van der Waals surface area (Å²) in [4.78, 5) is 0. The van der Waals surface area contributed by atoms with Crippen LogP contribution in [0.5, 0.6) is 5.75 Å². The third kappa shape index (κ3) is 4.02. The SMILES string of the molecule is C/C=C/[C@H]1C/C=C\C[C@@H]2O[C@H](c3ccc(OC)cc3)OC[C@H]2O1. The summed E-state index contributed by atoms with van der Waals surface area (Å²) in [7, 11) is 1.66. The van der Waals surface area contributed by atoms with E-state index in [9.17, 15) is 0 Å². The first kappa shape index (κ1) is 16.2. The highest BCUT2D eigenvalue weighted by molar-refractivity contribution is 5.28. The van der Waals surface area contributed by atoms with Crippen LogP contribution in [0.15, 0.2) is 48.6 Å². The van der Waals surface area contributed by atoms with Crippen LogP contribution < -0.4 is 4.74 Å². The molecule has 3 rings (SSSR count). The second kappa shape index (κ2) is 7.77. The molecule has 0 radical (unpaired) electrons. The first-order valence-corrected chi connectivity index (χ1v) is 8.14. The predicted octanol–water partition coefficient (Wildman–Crippen LogP) is 3.79. The van der Waals surface area contributed by atoms with Crippen molar-refractivity contribution in [2.75, 3.05) is 13.7 Å². The van der Waals surface area contributed by atoms with Crippen LogP contribution in [0.25, 0.3) is 0 Å². The van der Waals surface area contributed by atoms with Gasteiger partial charge in [0.1, 0.15) is 11.9 Å². The summed E-state index contributed by atoms with van der Waals surface area (Å²) in [6, 6.07) is 7.80. The van der Waals surface area contributed by atoms with Crippen LogP contribution >= 0.6 is 0 Å². The van der Waals surface area contributed by atoms with Gasteiger partial charge in [-0.25, -0.2) is 0 Å². The summed E-state index contributed by atoms with van der Waals surface area (Å²) in [5, 5.41) is 0. The summed E-state index contributed by atoms with van der Waals surface area (Å²) >= 11 is 0. The molecule has 0 bridgehead atoms. The van der Waals surface area contributed by atoms with E-state index in [1.165, 1.54) is 0 Å². The fourth-order valence-corrected chi connectivity index (χ4v) is 2.92. The van der Waals surface area contributed by atoms with Crippen molar-refractivity contribution in [1.29, 1.82) is 0 Å². The lowest BCUT2D eigenvalue weighted by Crippen LogP contribution is -2.44. The van der Waals surface area contributed by atoms with Crippen molar-refractivity contribution in [2.24, 2.45) is 0 Å². The lowest BCUT2D eigenvalue weighted by atomic mass is 10.0. The van der Waals surface area contributed by atoms with E-state index >= 15 is 0 Å². The van der Waals surface area contributed by atoms with Crippen molar-refractivity contribution in [3.8, 4) is 5.75 Å². The van der Waals surface area contributed by atoms with Gasteiger partial charge in [0, 0.05) is 5.56 Å². The largest absolute Gasteiger partial charge is 0.497 e. The number of rotatable bonds is 3. The lowest BCUT2D eigenvalue weighted by Gasteiger charge is -2.38. The van der Waals surface area contributed by atoms with Crippen molar-refractivity contribution in [1.82, 2.24) is 0 Å². The molecule has 0 aliphatic carbocycles. The van der Waals surface area contributed by atoms with Crippen molar-refractivity contribution in [3.05, 3.63) is 54.1 Å². The molecule has 2 heterocycles. The van der Waals surface area contributed by atoms with Gasteiger partial charge in [0.2, 0.25) is 0 Å². The monoisotopic (exact) mass is 316 g/mol. The number of fused-ring (bicyclic) bond motifs is 1. The molecule has 4 heteroatoms. The zero-order valence-electron chi connectivity index (χ0n) is 13.7. The molecule has 0 N–H and O–H groups in total. The second-order valence-electron chi connectivity index (χ2n) is 5.79. The van der Waals surface area contributed by atoms with Gasteiger partial charge in [-0.1, -0.05) is 36.4 Å². The minimum Gasteiger partial charge on any atom is -0.497 e. The van der Waals surface area contributed by atoms with Gasteiger partial charge in [-0.2, -0.15) is 0 Å². The quantitative estimate of drug-likeness (QED) is 0.795. The maximum atomic E-state index is 6.15. The maximum Gasteiger partial charge on any atom is 0.184 e. The fraction of sp³-hybridized carbons (Fsp3) is 0.474. The Labute approximate surface area is 137 Å². The van der Waals surface area contributed by atoms with E-state index in [1.807, 2.05) is 37.3 Å². The normalized spacial score (nSPS) is 32.8. The molecule has 2 aliphatic heterocycles. The fourth-order valence-electron chi connectivity index (χ4n) is 2.92.